The number of benzene rings is 9. The van der Waals surface area contributed by atoms with E-state index in [2.05, 4.69) is 245 Å². The van der Waals surface area contributed by atoms with Gasteiger partial charge in [-0.05, 0) is 103 Å². The van der Waals surface area contributed by atoms with Crippen molar-refractivity contribution in [2.45, 2.75) is 6.92 Å². The van der Waals surface area contributed by atoms with E-state index in [-0.39, 0.29) is 6.71 Å². The van der Waals surface area contributed by atoms with Crippen LogP contribution in [-0.2, 0) is 0 Å². The van der Waals surface area contributed by atoms with E-state index >= 15 is 0 Å². The second-order valence-electron chi connectivity index (χ2n) is 15.2. The molecule has 6 heteroatoms. The van der Waals surface area contributed by atoms with E-state index in [1.807, 2.05) is 12.1 Å². The van der Waals surface area contributed by atoms with E-state index in [1.54, 1.807) is 6.92 Å². The van der Waals surface area contributed by atoms with Crippen LogP contribution in [0.4, 0.5) is 51.2 Å². The zero-order valence-electron chi connectivity index (χ0n) is 34.8. The number of hydrogen-bond donors (Lipinski definition) is 0. The van der Waals surface area contributed by atoms with Gasteiger partial charge in [-0.1, -0.05) is 121 Å². The second-order valence-corrected chi connectivity index (χ2v) is 15.2. The lowest BCUT2D eigenvalue weighted by molar-refractivity contribution is 0.465. The topological polar surface area (TPSA) is 28.2 Å². The Labute approximate surface area is 369 Å². The highest BCUT2D eigenvalue weighted by Gasteiger charge is 2.41. The molecule has 0 bridgehead atoms. The third kappa shape index (κ3) is 7.54. The highest BCUT2D eigenvalue weighted by Crippen LogP contribution is 2.45. The van der Waals surface area contributed by atoms with Crippen molar-refractivity contribution in [1.29, 1.82) is 0 Å². The van der Waals surface area contributed by atoms with Crippen molar-refractivity contribution in [3.8, 4) is 35.3 Å². The highest BCUT2D eigenvalue weighted by molar-refractivity contribution is 6.98. The quantitative estimate of drug-likeness (QED) is 0.107. The van der Waals surface area contributed by atoms with Crippen LogP contribution in [0.25, 0.3) is 0 Å². The summed E-state index contributed by atoms with van der Waals surface area (Å²) >= 11 is 0. The molecular weight excluding hydrogens is 769 g/mol. The van der Waals surface area contributed by atoms with Crippen LogP contribution in [-0.4, -0.2) is 6.71 Å². The largest absolute Gasteiger partial charge is 0.458 e. The third-order valence-corrected chi connectivity index (χ3v) is 11.3. The molecule has 0 aromatic heterocycles. The fourth-order valence-corrected chi connectivity index (χ4v) is 8.67. The number of terminal acetylenes is 1. The Morgan fingerprint density at radius 2 is 0.587 bits per heavy atom. The number of hydrogen-bond acceptors (Lipinski definition) is 5. The molecule has 2 aliphatic rings. The molecular formula is C57H42BN3O2. The zero-order valence-corrected chi connectivity index (χ0v) is 34.8. The lowest BCUT2D eigenvalue weighted by Gasteiger charge is -2.36. The maximum absolute atomic E-state index is 7.10. The lowest BCUT2D eigenvalue weighted by atomic mass is 9.35. The Morgan fingerprint density at radius 3 is 0.873 bits per heavy atom. The van der Waals surface area contributed by atoms with Crippen LogP contribution >= 0.6 is 0 Å². The summed E-state index contributed by atoms with van der Waals surface area (Å²) in [6.07, 6.45) is 4.60. The van der Waals surface area contributed by atoms with E-state index in [0.29, 0.717) is 0 Å². The van der Waals surface area contributed by atoms with E-state index in [4.69, 9.17) is 9.47 Å². The molecule has 0 amide bonds. The predicted octanol–water partition coefficient (Wildman–Crippen LogP) is 13.5. The minimum atomic E-state index is -0.134. The third-order valence-electron chi connectivity index (χ3n) is 11.3. The molecule has 0 saturated heterocycles. The summed E-state index contributed by atoms with van der Waals surface area (Å²) in [7, 11) is 0. The first-order valence-corrected chi connectivity index (χ1v) is 21.1. The molecule has 0 fully saturated rings. The first-order chi connectivity index (χ1) is 31.2. The van der Waals surface area contributed by atoms with Crippen LogP contribution in [0.2, 0.25) is 0 Å². The summed E-state index contributed by atoms with van der Waals surface area (Å²) in [6.45, 7) is 1.52. The molecule has 0 unspecified atom stereocenters. The fraction of sp³-hybridized carbons (Fsp3) is 0.0175. The fourth-order valence-electron chi connectivity index (χ4n) is 8.67. The molecule has 9 aromatic carbocycles. The Balaban J connectivity index is 0.00000153. The Hall–Kier alpha value is -8.40. The second kappa shape index (κ2) is 17.3. The van der Waals surface area contributed by atoms with Gasteiger partial charge in [-0.3, -0.25) is 0 Å². The molecule has 2 aliphatic heterocycles. The minimum Gasteiger partial charge on any atom is -0.458 e. The van der Waals surface area contributed by atoms with Crippen LogP contribution < -0.4 is 40.6 Å². The molecule has 0 N–H and O–H groups in total. The highest BCUT2D eigenvalue weighted by atomic mass is 16.5. The van der Waals surface area contributed by atoms with Crippen LogP contribution in [0.1, 0.15) is 6.92 Å². The van der Waals surface area contributed by atoms with Gasteiger partial charge in [-0.25, -0.2) is 0 Å². The normalized spacial score (nSPS) is 11.5. The van der Waals surface area contributed by atoms with E-state index in [0.717, 1.165) is 90.6 Å². The standard InChI is InChI=1S/C54H38BN3O2.C3H4/c1-7-19-39(20-8-1)56(40-21-9-2-10-22-40)45-31-33-48-50(35-45)59-52-37-47(58(43-27-15-5-16-28-43)44-29-17-6-18-30-44)38-53-54(52)55(48)49-34-32-46(36-51(49)60-53)57(41-23-11-3-12-24-41)42-25-13-4-14-26-42;1-3-2/h1-38H;1H,2H3. The molecule has 0 radical (unpaired) electrons. The number of ether oxygens (including phenoxy) is 2. The monoisotopic (exact) mass is 811 g/mol. The number of anilines is 9. The maximum atomic E-state index is 7.10. The Bertz CT molecular complexity index is 2760. The molecule has 0 saturated carbocycles. The van der Waals surface area contributed by atoms with Crippen LogP contribution in [0.15, 0.2) is 231 Å². The van der Waals surface area contributed by atoms with Crippen LogP contribution in [0.5, 0.6) is 23.0 Å². The van der Waals surface area contributed by atoms with Crippen molar-refractivity contribution in [2.24, 2.45) is 0 Å². The van der Waals surface area contributed by atoms with Gasteiger partial charge in [0.05, 0.1) is 5.69 Å². The van der Waals surface area contributed by atoms with Crippen molar-refractivity contribution in [3.05, 3.63) is 231 Å². The summed E-state index contributed by atoms with van der Waals surface area (Å²) in [5, 5.41) is 0. The van der Waals surface area contributed by atoms with Gasteiger partial charge >= 0.3 is 0 Å². The number of fused-ring (bicyclic) bond motifs is 4. The summed E-state index contributed by atoms with van der Waals surface area (Å²) < 4.78 is 14.2. The Kier molecular flexibility index (Phi) is 10.6. The van der Waals surface area contributed by atoms with Crippen molar-refractivity contribution in [3.63, 3.8) is 0 Å². The summed E-state index contributed by atoms with van der Waals surface area (Å²) in [5.74, 6) is 5.40. The first kappa shape index (κ1) is 38.8. The number of rotatable bonds is 9. The van der Waals surface area contributed by atoms with Crippen molar-refractivity contribution < 1.29 is 9.47 Å². The average molecular weight is 812 g/mol. The van der Waals surface area contributed by atoms with Gasteiger partial charge in [0, 0.05) is 75.2 Å². The molecule has 11 rings (SSSR count). The van der Waals surface area contributed by atoms with Crippen LogP contribution in [0, 0.1) is 12.3 Å². The molecule has 0 atom stereocenters. The molecule has 0 spiro atoms. The zero-order chi connectivity index (χ0) is 42.5. The molecule has 0 aliphatic carbocycles. The number of nitrogens with zero attached hydrogens (tertiary/aromatic N) is 3. The SMILES string of the molecule is C#CC.c1ccc(N(c2ccccc2)c2ccc3c(c2)Oc2cc(N(c4ccccc4)c4ccccc4)cc4c2B3c2ccc(N(c3ccccc3)c3ccccc3)cc2O4)cc1. The average Bonchev–Trinajstić information content (AvgIpc) is 3.34. The summed E-state index contributed by atoms with van der Waals surface area (Å²) in [4.78, 5) is 6.81. The Morgan fingerprint density at radius 1 is 0.333 bits per heavy atom. The van der Waals surface area contributed by atoms with Crippen LogP contribution in [0.3, 0.4) is 0 Å². The molecule has 5 nitrogen and oxygen atoms in total. The predicted molar refractivity (Wildman–Crippen MR) is 263 cm³/mol. The van der Waals surface area contributed by atoms with Gasteiger partial charge in [-0.2, -0.15) is 0 Å². The molecule has 2 heterocycles. The van der Waals surface area contributed by atoms with Gasteiger partial charge in [0.25, 0.3) is 6.71 Å². The summed E-state index contributed by atoms with van der Waals surface area (Å²) in [5.41, 5.74) is 12.5. The van der Waals surface area contributed by atoms with Crippen molar-refractivity contribution in [1.82, 2.24) is 0 Å². The number of para-hydroxylation sites is 6. The molecule has 300 valence electrons. The van der Waals surface area contributed by atoms with Gasteiger partial charge in [-0.15, -0.1) is 12.3 Å². The van der Waals surface area contributed by atoms with Gasteiger partial charge < -0.3 is 24.2 Å². The van der Waals surface area contributed by atoms with E-state index in [9.17, 15) is 0 Å². The maximum Gasteiger partial charge on any atom is 0.260 e. The first-order valence-electron chi connectivity index (χ1n) is 21.1. The van der Waals surface area contributed by atoms with Gasteiger partial charge in [0.1, 0.15) is 23.0 Å². The van der Waals surface area contributed by atoms with E-state index in [1.165, 1.54) is 0 Å². The van der Waals surface area contributed by atoms with Crippen molar-refractivity contribution >= 4 is 74.3 Å². The summed E-state index contributed by atoms with van der Waals surface area (Å²) in [6, 6.07) is 80.5. The molecule has 9 aromatic rings. The minimum absolute atomic E-state index is 0.134. The molecule has 63 heavy (non-hydrogen) atoms. The van der Waals surface area contributed by atoms with Gasteiger partial charge in [0.15, 0.2) is 0 Å². The lowest BCUT2D eigenvalue weighted by Crippen LogP contribution is -2.57. The smallest absolute Gasteiger partial charge is 0.260 e. The van der Waals surface area contributed by atoms with E-state index < -0.39 is 0 Å². The van der Waals surface area contributed by atoms with Gasteiger partial charge in [0.2, 0.25) is 0 Å². The van der Waals surface area contributed by atoms with Crippen molar-refractivity contribution in [2.75, 3.05) is 14.7 Å².